The van der Waals surface area contributed by atoms with Crippen LogP contribution in [0.3, 0.4) is 0 Å². The molecule has 0 aliphatic carbocycles. The molecule has 0 fully saturated rings. The second kappa shape index (κ2) is 5.18. The fourth-order valence-corrected chi connectivity index (χ4v) is 2.31. The lowest BCUT2D eigenvalue weighted by Gasteiger charge is -2.05. The summed E-state index contributed by atoms with van der Waals surface area (Å²) in [7, 11) is 0. The van der Waals surface area contributed by atoms with E-state index in [0.29, 0.717) is 17.7 Å². The van der Waals surface area contributed by atoms with Crippen LogP contribution in [0.4, 0.5) is 0 Å². The van der Waals surface area contributed by atoms with Crippen molar-refractivity contribution in [3.63, 3.8) is 0 Å². The zero-order valence-corrected chi connectivity index (χ0v) is 12.6. The molecular weight excluding hydrogens is 350 g/mol. The number of halogens is 2. The summed E-state index contributed by atoms with van der Waals surface area (Å²) in [5.41, 5.74) is 0. The number of hydrogen-bond acceptors (Lipinski definition) is 3. The van der Waals surface area contributed by atoms with Crippen molar-refractivity contribution in [1.29, 1.82) is 0 Å². The first-order valence-electron chi connectivity index (χ1n) is 5.09. The molecule has 0 radical (unpaired) electrons. The van der Waals surface area contributed by atoms with Gasteiger partial charge in [-0.1, -0.05) is 0 Å². The molecule has 0 saturated carbocycles. The van der Waals surface area contributed by atoms with Crippen molar-refractivity contribution in [2.45, 2.75) is 19.9 Å². The summed E-state index contributed by atoms with van der Waals surface area (Å²) in [6.45, 7) is 4.12. The Morgan fingerprint density at radius 2 is 2.06 bits per heavy atom. The minimum absolute atomic E-state index is 0.314. The lowest BCUT2D eigenvalue weighted by atomic mass is 10.4. The fraction of sp³-hybridized carbons (Fsp3) is 0.273. The van der Waals surface area contributed by atoms with Crippen molar-refractivity contribution in [3.05, 3.63) is 33.6 Å². The summed E-state index contributed by atoms with van der Waals surface area (Å²) < 4.78 is 9.16. The van der Waals surface area contributed by atoms with Crippen LogP contribution in [0, 0.1) is 0 Å². The molecule has 0 amide bonds. The minimum atomic E-state index is 0.314. The summed E-state index contributed by atoms with van der Waals surface area (Å²) in [4.78, 5) is 4.17. The molecule has 0 spiro atoms. The molecule has 0 aromatic carbocycles. The molecule has 0 saturated heterocycles. The summed E-state index contributed by atoms with van der Waals surface area (Å²) in [5, 5.41) is 4.20. The second-order valence-electron chi connectivity index (χ2n) is 3.79. The predicted molar refractivity (Wildman–Crippen MR) is 72.3 cm³/mol. The van der Waals surface area contributed by atoms with E-state index in [4.69, 9.17) is 4.74 Å². The van der Waals surface area contributed by atoms with Crippen molar-refractivity contribution >= 4 is 31.9 Å². The summed E-state index contributed by atoms with van der Waals surface area (Å²) in [5.74, 6) is 1.20. The number of aromatic nitrogens is 3. The number of hydrogen-bond donors (Lipinski definition) is 0. The van der Waals surface area contributed by atoms with Crippen LogP contribution in [0.2, 0.25) is 0 Å². The van der Waals surface area contributed by atoms with Gasteiger partial charge in [0.25, 0.3) is 0 Å². The zero-order chi connectivity index (χ0) is 12.4. The highest BCUT2D eigenvalue weighted by molar-refractivity contribution is 9.11. The molecule has 0 bridgehead atoms. The van der Waals surface area contributed by atoms with E-state index >= 15 is 0 Å². The Labute approximate surface area is 116 Å². The monoisotopic (exact) mass is 359 g/mol. The molecule has 0 unspecified atom stereocenters. The molecule has 0 aliphatic heterocycles. The van der Waals surface area contributed by atoms with E-state index in [1.807, 2.05) is 16.9 Å². The number of pyridine rings is 1. The second-order valence-corrected chi connectivity index (χ2v) is 5.56. The van der Waals surface area contributed by atoms with Gasteiger partial charge >= 0.3 is 0 Å². The maximum atomic E-state index is 5.63. The lowest BCUT2D eigenvalue weighted by molar-refractivity contribution is 0.456. The van der Waals surface area contributed by atoms with Gasteiger partial charge in [-0.2, -0.15) is 5.10 Å². The Hall–Kier alpha value is -0.880. The highest BCUT2D eigenvalue weighted by Gasteiger charge is 2.08. The fourth-order valence-electron chi connectivity index (χ4n) is 1.24. The van der Waals surface area contributed by atoms with Crippen molar-refractivity contribution in [2.24, 2.45) is 0 Å². The Kier molecular flexibility index (Phi) is 3.83. The van der Waals surface area contributed by atoms with Crippen LogP contribution in [-0.4, -0.2) is 14.8 Å². The average molecular weight is 361 g/mol. The van der Waals surface area contributed by atoms with Crippen molar-refractivity contribution in [3.8, 4) is 11.6 Å². The van der Waals surface area contributed by atoms with Gasteiger partial charge in [-0.15, -0.1) is 0 Å². The van der Waals surface area contributed by atoms with E-state index in [1.54, 1.807) is 12.4 Å². The first-order valence-corrected chi connectivity index (χ1v) is 6.68. The van der Waals surface area contributed by atoms with E-state index in [0.717, 1.165) is 8.95 Å². The first kappa shape index (κ1) is 12.6. The highest BCUT2D eigenvalue weighted by Crippen LogP contribution is 2.29. The molecule has 2 heterocycles. The SMILES string of the molecule is CC(C)n1cc(Oc2ncc(Br)cc2Br)cn1. The van der Waals surface area contributed by atoms with Crippen LogP contribution in [0.25, 0.3) is 0 Å². The van der Waals surface area contributed by atoms with Crippen LogP contribution in [0.15, 0.2) is 33.6 Å². The number of rotatable bonds is 3. The van der Waals surface area contributed by atoms with Gasteiger partial charge in [0.15, 0.2) is 5.75 Å². The molecule has 4 nitrogen and oxygen atoms in total. The molecule has 6 heteroatoms. The van der Waals surface area contributed by atoms with Gasteiger partial charge in [-0.3, -0.25) is 4.68 Å². The van der Waals surface area contributed by atoms with Crippen LogP contribution < -0.4 is 4.74 Å². The molecule has 2 aromatic rings. The Bertz CT molecular complexity index is 525. The molecule has 2 aromatic heterocycles. The van der Waals surface area contributed by atoms with Crippen LogP contribution in [0.5, 0.6) is 11.6 Å². The van der Waals surface area contributed by atoms with Crippen molar-refractivity contribution < 1.29 is 4.74 Å². The summed E-state index contributed by atoms with van der Waals surface area (Å²) >= 11 is 6.74. The number of nitrogens with zero attached hydrogens (tertiary/aromatic N) is 3. The molecule has 90 valence electrons. The predicted octanol–water partition coefficient (Wildman–Crippen LogP) is 4.18. The minimum Gasteiger partial charge on any atom is -0.435 e. The van der Waals surface area contributed by atoms with Gasteiger partial charge in [0.05, 0.1) is 16.9 Å². The van der Waals surface area contributed by atoms with Gasteiger partial charge < -0.3 is 4.74 Å². The quantitative estimate of drug-likeness (QED) is 0.824. The number of ether oxygens (including phenoxy) is 1. The van der Waals surface area contributed by atoms with Gasteiger partial charge in [-0.25, -0.2) is 4.98 Å². The maximum Gasteiger partial charge on any atom is 0.233 e. The van der Waals surface area contributed by atoms with E-state index < -0.39 is 0 Å². The van der Waals surface area contributed by atoms with Gasteiger partial charge in [0.2, 0.25) is 5.88 Å². The molecule has 17 heavy (non-hydrogen) atoms. The standard InChI is InChI=1S/C11H11Br2N3O/c1-7(2)16-6-9(5-15-16)17-11-10(13)3-8(12)4-14-11/h3-7H,1-2H3. The highest BCUT2D eigenvalue weighted by atomic mass is 79.9. The summed E-state index contributed by atoms with van der Waals surface area (Å²) in [6, 6.07) is 2.20. The van der Waals surface area contributed by atoms with Gasteiger partial charge in [0, 0.05) is 16.7 Å². The lowest BCUT2D eigenvalue weighted by Crippen LogP contribution is -1.99. The van der Waals surface area contributed by atoms with E-state index in [-0.39, 0.29) is 0 Å². The third-order valence-electron chi connectivity index (χ3n) is 2.10. The van der Waals surface area contributed by atoms with Crippen molar-refractivity contribution in [2.75, 3.05) is 0 Å². The molecule has 0 atom stereocenters. The average Bonchev–Trinajstić information content (AvgIpc) is 2.71. The zero-order valence-electron chi connectivity index (χ0n) is 9.39. The largest absolute Gasteiger partial charge is 0.435 e. The van der Waals surface area contributed by atoms with Gasteiger partial charge in [-0.05, 0) is 51.8 Å². The van der Waals surface area contributed by atoms with E-state index in [1.165, 1.54) is 0 Å². The van der Waals surface area contributed by atoms with Crippen molar-refractivity contribution in [1.82, 2.24) is 14.8 Å². The van der Waals surface area contributed by atoms with Crippen LogP contribution in [-0.2, 0) is 0 Å². The van der Waals surface area contributed by atoms with E-state index in [9.17, 15) is 0 Å². The molecule has 2 rings (SSSR count). The third-order valence-corrected chi connectivity index (χ3v) is 3.10. The maximum absolute atomic E-state index is 5.63. The Morgan fingerprint density at radius 1 is 1.29 bits per heavy atom. The topological polar surface area (TPSA) is 39.9 Å². The molecule has 0 aliphatic rings. The van der Waals surface area contributed by atoms with Gasteiger partial charge in [0.1, 0.15) is 0 Å². The van der Waals surface area contributed by atoms with Crippen LogP contribution >= 0.6 is 31.9 Å². The Morgan fingerprint density at radius 3 is 2.65 bits per heavy atom. The normalized spacial score (nSPS) is 10.9. The third kappa shape index (κ3) is 3.07. The van der Waals surface area contributed by atoms with Crippen LogP contribution in [0.1, 0.15) is 19.9 Å². The smallest absolute Gasteiger partial charge is 0.233 e. The van der Waals surface area contributed by atoms with E-state index in [2.05, 4.69) is 55.8 Å². The Balaban J connectivity index is 2.19. The summed E-state index contributed by atoms with van der Waals surface area (Å²) in [6.07, 6.45) is 5.21. The molecular formula is C11H11Br2N3O. The first-order chi connectivity index (χ1) is 8.06. The molecule has 0 N–H and O–H groups in total.